The van der Waals surface area contributed by atoms with Crippen LogP contribution in [0.3, 0.4) is 0 Å². The second-order valence-electron chi connectivity index (χ2n) is 3.51. The third kappa shape index (κ3) is 5.44. The summed E-state index contributed by atoms with van der Waals surface area (Å²) >= 11 is 1.32. The van der Waals surface area contributed by atoms with Crippen molar-refractivity contribution < 1.29 is 14.3 Å². The van der Waals surface area contributed by atoms with E-state index in [0.29, 0.717) is 17.8 Å². The summed E-state index contributed by atoms with van der Waals surface area (Å²) in [5, 5.41) is 2.80. The first-order valence-corrected chi connectivity index (χ1v) is 6.35. The molecule has 0 aliphatic carbocycles. The number of aromatic nitrogens is 1. The normalized spacial score (nSPS) is 9.94. The third-order valence-corrected chi connectivity index (χ3v) is 3.00. The van der Waals surface area contributed by atoms with E-state index in [0.717, 1.165) is 19.3 Å². The van der Waals surface area contributed by atoms with Crippen LogP contribution in [-0.2, 0) is 9.53 Å². The van der Waals surface area contributed by atoms with E-state index in [-0.39, 0.29) is 11.9 Å². The van der Waals surface area contributed by atoms with Gasteiger partial charge in [-0.15, -0.1) is 11.3 Å². The molecule has 6 heteroatoms. The number of ether oxygens (including phenoxy) is 1. The summed E-state index contributed by atoms with van der Waals surface area (Å²) in [5.41, 5.74) is 1.63. The van der Waals surface area contributed by atoms with Gasteiger partial charge in [-0.25, -0.2) is 0 Å². The van der Waals surface area contributed by atoms with Crippen molar-refractivity contribution in [2.24, 2.45) is 0 Å². The van der Waals surface area contributed by atoms with E-state index in [1.807, 2.05) is 0 Å². The Morgan fingerprint density at radius 3 is 2.88 bits per heavy atom. The lowest BCUT2D eigenvalue weighted by atomic mass is 10.2. The first-order valence-electron chi connectivity index (χ1n) is 5.47. The Morgan fingerprint density at radius 1 is 1.41 bits per heavy atom. The number of carbonyl (C=O) groups excluding carboxylic acids is 2. The summed E-state index contributed by atoms with van der Waals surface area (Å²) in [7, 11) is 1.39. The van der Waals surface area contributed by atoms with Crippen molar-refractivity contribution in [1.29, 1.82) is 0 Å². The summed E-state index contributed by atoms with van der Waals surface area (Å²) in [5.74, 6) is -0.265. The van der Waals surface area contributed by atoms with Crippen LogP contribution in [0.25, 0.3) is 0 Å². The standard InChI is InChI=1S/C11H16N2O3S/c1-16-10(14)5-3-2-4-6-13-11(15)9-7-12-8-17-9/h7-8H,2-6H2,1H3,(H,13,15). The van der Waals surface area contributed by atoms with Crippen LogP contribution in [-0.4, -0.2) is 30.5 Å². The Kier molecular flexibility index (Phi) is 6.24. The van der Waals surface area contributed by atoms with Crippen LogP contribution in [0.1, 0.15) is 35.4 Å². The van der Waals surface area contributed by atoms with Gasteiger partial charge in [0, 0.05) is 13.0 Å². The maximum Gasteiger partial charge on any atom is 0.305 e. The van der Waals surface area contributed by atoms with Crippen LogP contribution in [0.15, 0.2) is 11.7 Å². The molecule has 94 valence electrons. The number of nitrogens with one attached hydrogen (secondary N) is 1. The zero-order valence-electron chi connectivity index (χ0n) is 9.77. The van der Waals surface area contributed by atoms with Gasteiger partial charge in [0.1, 0.15) is 4.88 Å². The number of carbonyl (C=O) groups is 2. The highest BCUT2D eigenvalue weighted by atomic mass is 32.1. The van der Waals surface area contributed by atoms with Crippen molar-refractivity contribution >= 4 is 23.2 Å². The molecule has 0 spiro atoms. The van der Waals surface area contributed by atoms with Gasteiger partial charge in [-0.2, -0.15) is 0 Å². The van der Waals surface area contributed by atoms with Crippen molar-refractivity contribution in [3.8, 4) is 0 Å². The molecule has 1 rings (SSSR count). The third-order valence-electron chi connectivity index (χ3n) is 2.23. The molecule has 0 saturated heterocycles. The topological polar surface area (TPSA) is 68.3 Å². The van der Waals surface area contributed by atoms with E-state index < -0.39 is 0 Å². The summed E-state index contributed by atoms with van der Waals surface area (Å²) in [6.45, 7) is 0.623. The molecule has 5 nitrogen and oxygen atoms in total. The van der Waals surface area contributed by atoms with Crippen LogP contribution in [0.2, 0.25) is 0 Å². The molecule has 0 unspecified atom stereocenters. The number of nitrogens with zero attached hydrogens (tertiary/aromatic N) is 1. The number of thiazole rings is 1. The number of rotatable bonds is 7. The van der Waals surface area contributed by atoms with Crippen LogP contribution < -0.4 is 5.32 Å². The maximum atomic E-state index is 11.5. The first-order chi connectivity index (χ1) is 8.24. The van der Waals surface area contributed by atoms with Gasteiger partial charge in [0.05, 0.1) is 18.8 Å². The van der Waals surface area contributed by atoms with Gasteiger partial charge in [0.25, 0.3) is 5.91 Å². The van der Waals surface area contributed by atoms with Gasteiger partial charge in [-0.3, -0.25) is 14.6 Å². The lowest BCUT2D eigenvalue weighted by molar-refractivity contribution is -0.140. The molecular weight excluding hydrogens is 240 g/mol. The average molecular weight is 256 g/mol. The molecule has 1 aromatic heterocycles. The highest BCUT2D eigenvalue weighted by Gasteiger charge is 2.05. The Labute approximate surface area is 104 Å². The summed E-state index contributed by atoms with van der Waals surface area (Å²) in [6.07, 6.45) is 4.55. The van der Waals surface area contributed by atoms with Crippen molar-refractivity contribution in [3.05, 3.63) is 16.6 Å². The number of amides is 1. The van der Waals surface area contributed by atoms with Crippen molar-refractivity contribution in [1.82, 2.24) is 10.3 Å². The number of methoxy groups -OCH3 is 1. The van der Waals surface area contributed by atoms with Crippen molar-refractivity contribution in [3.63, 3.8) is 0 Å². The van der Waals surface area contributed by atoms with Gasteiger partial charge in [-0.05, 0) is 12.8 Å². The highest BCUT2D eigenvalue weighted by molar-refractivity contribution is 7.11. The van der Waals surface area contributed by atoms with E-state index in [9.17, 15) is 9.59 Å². The number of esters is 1. The molecular formula is C11H16N2O3S. The molecule has 0 aromatic carbocycles. The van der Waals surface area contributed by atoms with Crippen molar-refractivity contribution in [2.45, 2.75) is 25.7 Å². The predicted octanol–water partition coefficient (Wildman–Crippen LogP) is 1.61. The SMILES string of the molecule is COC(=O)CCCCCNC(=O)c1cncs1. The second-order valence-corrected chi connectivity index (χ2v) is 4.39. The second kappa shape index (κ2) is 7.78. The monoisotopic (exact) mass is 256 g/mol. The summed E-state index contributed by atoms with van der Waals surface area (Å²) in [6, 6.07) is 0. The smallest absolute Gasteiger partial charge is 0.305 e. The molecule has 1 aromatic rings. The molecule has 0 saturated carbocycles. The first kappa shape index (κ1) is 13.6. The number of unbranched alkanes of at least 4 members (excludes halogenated alkanes) is 2. The Hall–Kier alpha value is -1.43. The molecule has 0 bridgehead atoms. The van der Waals surface area contributed by atoms with Crippen molar-refractivity contribution in [2.75, 3.05) is 13.7 Å². The Bertz CT molecular complexity index is 352. The van der Waals surface area contributed by atoms with Gasteiger partial charge in [0.15, 0.2) is 0 Å². The number of hydrogen-bond acceptors (Lipinski definition) is 5. The summed E-state index contributed by atoms with van der Waals surface area (Å²) in [4.78, 5) is 26.7. The minimum Gasteiger partial charge on any atom is -0.469 e. The minimum atomic E-state index is -0.182. The van der Waals surface area contributed by atoms with E-state index in [1.165, 1.54) is 18.4 Å². The van der Waals surface area contributed by atoms with Crippen LogP contribution >= 0.6 is 11.3 Å². The maximum absolute atomic E-state index is 11.5. The van der Waals surface area contributed by atoms with Gasteiger partial charge < -0.3 is 10.1 Å². The minimum absolute atomic E-state index is 0.0829. The van der Waals surface area contributed by atoms with Crippen LogP contribution in [0, 0.1) is 0 Å². The molecule has 1 amide bonds. The predicted molar refractivity (Wildman–Crippen MR) is 64.9 cm³/mol. The lowest BCUT2D eigenvalue weighted by Gasteiger charge is -2.03. The van der Waals surface area contributed by atoms with E-state index in [1.54, 1.807) is 11.7 Å². The zero-order chi connectivity index (χ0) is 12.5. The molecule has 17 heavy (non-hydrogen) atoms. The molecule has 0 radical (unpaired) electrons. The zero-order valence-corrected chi connectivity index (χ0v) is 10.6. The molecule has 0 aliphatic rings. The van der Waals surface area contributed by atoms with E-state index in [4.69, 9.17) is 0 Å². The molecule has 0 fully saturated rings. The Balaban J connectivity index is 2.01. The fourth-order valence-corrected chi connectivity index (χ4v) is 1.83. The lowest BCUT2D eigenvalue weighted by Crippen LogP contribution is -2.23. The van der Waals surface area contributed by atoms with Crippen LogP contribution in [0.4, 0.5) is 0 Å². The van der Waals surface area contributed by atoms with E-state index >= 15 is 0 Å². The summed E-state index contributed by atoms with van der Waals surface area (Å²) < 4.78 is 4.53. The molecule has 1 N–H and O–H groups in total. The molecule has 1 heterocycles. The molecule has 0 atom stereocenters. The van der Waals surface area contributed by atoms with Gasteiger partial charge in [-0.1, -0.05) is 6.42 Å². The van der Waals surface area contributed by atoms with Gasteiger partial charge in [0.2, 0.25) is 0 Å². The van der Waals surface area contributed by atoms with E-state index in [2.05, 4.69) is 15.0 Å². The average Bonchev–Trinajstić information content (AvgIpc) is 2.86. The fraction of sp³-hybridized carbons (Fsp3) is 0.545. The largest absolute Gasteiger partial charge is 0.469 e. The fourth-order valence-electron chi connectivity index (χ4n) is 1.29. The highest BCUT2D eigenvalue weighted by Crippen LogP contribution is 2.05. The Morgan fingerprint density at radius 2 is 2.24 bits per heavy atom. The quantitative estimate of drug-likeness (QED) is 0.594. The van der Waals surface area contributed by atoms with Crippen LogP contribution in [0.5, 0.6) is 0 Å². The van der Waals surface area contributed by atoms with Gasteiger partial charge >= 0.3 is 5.97 Å². The molecule has 0 aliphatic heterocycles. The number of hydrogen-bond donors (Lipinski definition) is 1.